The van der Waals surface area contributed by atoms with Crippen LogP contribution in [0.4, 0.5) is 17.2 Å². The standard InChI is InChI=1S/C17H13ClN4O2S/c1-11-2-6-13(7-3-11)21-16-15(22(23)24)17(20-10-19-16)25-14-8-4-12(18)5-9-14/h2-10H,1H3,(H,19,20,21). The maximum Gasteiger partial charge on any atom is 0.343 e. The molecule has 0 amide bonds. The third-order valence-corrected chi connectivity index (χ3v) is 4.57. The quantitative estimate of drug-likeness (QED) is 0.374. The van der Waals surface area contributed by atoms with Crippen molar-refractivity contribution in [2.45, 2.75) is 16.8 Å². The number of anilines is 2. The van der Waals surface area contributed by atoms with Gasteiger partial charge in [0.25, 0.3) is 0 Å². The summed E-state index contributed by atoms with van der Waals surface area (Å²) in [6.07, 6.45) is 1.31. The molecule has 0 unspecified atom stereocenters. The molecule has 8 heteroatoms. The molecule has 0 aliphatic rings. The Labute approximate surface area is 153 Å². The van der Waals surface area contributed by atoms with Gasteiger partial charge < -0.3 is 5.32 Å². The second-order valence-corrected chi connectivity index (χ2v) is 6.68. The summed E-state index contributed by atoms with van der Waals surface area (Å²) in [5.74, 6) is 0.153. The summed E-state index contributed by atoms with van der Waals surface area (Å²) in [6, 6.07) is 14.5. The molecule has 0 spiro atoms. The fraction of sp³-hybridized carbons (Fsp3) is 0.0588. The van der Waals surface area contributed by atoms with E-state index in [0.717, 1.165) is 16.1 Å². The smallest absolute Gasteiger partial charge is 0.334 e. The molecule has 25 heavy (non-hydrogen) atoms. The van der Waals surface area contributed by atoms with Crippen molar-refractivity contribution in [3.05, 3.63) is 75.6 Å². The Morgan fingerprint density at radius 3 is 2.40 bits per heavy atom. The minimum atomic E-state index is -0.477. The molecule has 6 nitrogen and oxygen atoms in total. The Hall–Kier alpha value is -2.64. The normalized spacial score (nSPS) is 10.5. The van der Waals surface area contributed by atoms with Crippen LogP contribution in [-0.4, -0.2) is 14.9 Å². The molecule has 126 valence electrons. The van der Waals surface area contributed by atoms with Crippen LogP contribution in [0.5, 0.6) is 0 Å². The predicted molar refractivity (Wildman–Crippen MR) is 98.7 cm³/mol. The number of hydrogen-bond donors (Lipinski definition) is 1. The Kier molecular flexibility index (Phi) is 5.16. The van der Waals surface area contributed by atoms with E-state index in [9.17, 15) is 10.1 Å². The number of nitrogens with zero attached hydrogens (tertiary/aromatic N) is 3. The van der Waals surface area contributed by atoms with Gasteiger partial charge in [0, 0.05) is 15.6 Å². The van der Waals surface area contributed by atoms with E-state index >= 15 is 0 Å². The number of nitro groups is 1. The van der Waals surface area contributed by atoms with Crippen molar-refractivity contribution in [3.63, 3.8) is 0 Å². The summed E-state index contributed by atoms with van der Waals surface area (Å²) in [4.78, 5) is 20.0. The minimum Gasteiger partial charge on any atom is -0.334 e. The Balaban J connectivity index is 1.94. The van der Waals surface area contributed by atoms with Crippen LogP contribution >= 0.6 is 23.4 Å². The molecule has 0 fully saturated rings. The fourth-order valence-corrected chi connectivity index (χ4v) is 3.07. The third-order valence-electron chi connectivity index (χ3n) is 3.31. The molecule has 0 saturated carbocycles. The van der Waals surface area contributed by atoms with Crippen molar-refractivity contribution in [3.8, 4) is 0 Å². The van der Waals surface area contributed by atoms with Crippen LogP contribution in [0.25, 0.3) is 0 Å². The average molecular weight is 373 g/mol. The number of aryl methyl sites for hydroxylation is 1. The summed E-state index contributed by atoms with van der Waals surface area (Å²) in [7, 11) is 0. The lowest BCUT2D eigenvalue weighted by molar-refractivity contribution is -0.387. The van der Waals surface area contributed by atoms with Gasteiger partial charge in [-0.2, -0.15) is 0 Å². The maximum absolute atomic E-state index is 11.6. The van der Waals surface area contributed by atoms with Crippen LogP contribution in [0.2, 0.25) is 5.02 Å². The van der Waals surface area contributed by atoms with Gasteiger partial charge in [0.05, 0.1) is 4.92 Å². The minimum absolute atomic E-state index is 0.153. The van der Waals surface area contributed by atoms with Gasteiger partial charge in [0.1, 0.15) is 6.33 Å². The van der Waals surface area contributed by atoms with E-state index in [4.69, 9.17) is 11.6 Å². The molecule has 0 radical (unpaired) electrons. The highest BCUT2D eigenvalue weighted by Gasteiger charge is 2.23. The molecule has 3 aromatic rings. The molecule has 1 N–H and O–H groups in total. The van der Waals surface area contributed by atoms with Crippen LogP contribution in [0.15, 0.2) is 64.8 Å². The molecular weight excluding hydrogens is 360 g/mol. The Bertz CT molecular complexity index is 836. The van der Waals surface area contributed by atoms with Crippen LogP contribution in [0, 0.1) is 17.0 Å². The highest BCUT2D eigenvalue weighted by atomic mass is 35.5. The summed E-state index contributed by atoms with van der Waals surface area (Å²) in [6.45, 7) is 1.97. The number of hydrogen-bond acceptors (Lipinski definition) is 6. The van der Waals surface area contributed by atoms with Gasteiger partial charge in [-0.3, -0.25) is 10.1 Å². The molecule has 1 heterocycles. The number of aromatic nitrogens is 2. The zero-order valence-electron chi connectivity index (χ0n) is 13.1. The van der Waals surface area contributed by atoms with E-state index in [1.165, 1.54) is 18.1 Å². The lowest BCUT2D eigenvalue weighted by atomic mass is 10.2. The van der Waals surface area contributed by atoms with Gasteiger partial charge in [0.2, 0.25) is 5.82 Å². The molecule has 1 aromatic heterocycles. The summed E-state index contributed by atoms with van der Waals surface area (Å²) < 4.78 is 0. The molecule has 3 rings (SSSR count). The Morgan fingerprint density at radius 2 is 1.76 bits per heavy atom. The van der Waals surface area contributed by atoms with Crippen molar-refractivity contribution >= 4 is 40.6 Å². The highest BCUT2D eigenvalue weighted by Crippen LogP contribution is 2.37. The van der Waals surface area contributed by atoms with E-state index in [1.54, 1.807) is 24.3 Å². The molecule has 0 bridgehead atoms. The summed E-state index contributed by atoms with van der Waals surface area (Å²) in [5.41, 5.74) is 1.65. The van der Waals surface area contributed by atoms with Crippen LogP contribution in [-0.2, 0) is 0 Å². The van der Waals surface area contributed by atoms with Gasteiger partial charge in [-0.1, -0.05) is 41.1 Å². The zero-order chi connectivity index (χ0) is 17.8. The van der Waals surface area contributed by atoms with Gasteiger partial charge in [-0.15, -0.1) is 0 Å². The second kappa shape index (κ2) is 7.50. The van der Waals surface area contributed by atoms with E-state index in [2.05, 4.69) is 15.3 Å². The van der Waals surface area contributed by atoms with Crippen molar-refractivity contribution in [2.24, 2.45) is 0 Å². The summed E-state index contributed by atoms with van der Waals surface area (Å²) >= 11 is 7.06. The molecule has 2 aromatic carbocycles. The van der Waals surface area contributed by atoms with Crippen molar-refractivity contribution in [1.82, 2.24) is 9.97 Å². The highest BCUT2D eigenvalue weighted by molar-refractivity contribution is 7.99. The van der Waals surface area contributed by atoms with E-state index < -0.39 is 4.92 Å². The lowest BCUT2D eigenvalue weighted by Gasteiger charge is -2.08. The molecule has 0 atom stereocenters. The number of nitrogens with one attached hydrogen (secondary N) is 1. The first-order valence-electron chi connectivity index (χ1n) is 7.29. The topological polar surface area (TPSA) is 81.0 Å². The Morgan fingerprint density at radius 1 is 1.08 bits per heavy atom. The molecule has 0 saturated heterocycles. The number of benzene rings is 2. The zero-order valence-corrected chi connectivity index (χ0v) is 14.7. The van der Waals surface area contributed by atoms with Crippen molar-refractivity contribution in [2.75, 3.05) is 5.32 Å². The summed E-state index contributed by atoms with van der Waals surface area (Å²) in [5, 5.41) is 15.4. The van der Waals surface area contributed by atoms with Crippen molar-refractivity contribution in [1.29, 1.82) is 0 Å². The van der Waals surface area contributed by atoms with Crippen molar-refractivity contribution < 1.29 is 4.92 Å². The van der Waals surface area contributed by atoms with E-state index in [0.29, 0.717) is 5.02 Å². The monoisotopic (exact) mass is 372 g/mol. The second-order valence-electron chi connectivity index (χ2n) is 5.18. The first kappa shape index (κ1) is 17.2. The first-order valence-corrected chi connectivity index (χ1v) is 8.49. The fourth-order valence-electron chi connectivity index (χ4n) is 2.08. The van der Waals surface area contributed by atoms with E-state index in [-0.39, 0.29) is 16.5 Å². The van der Waals surface area contributed by atoms with Crippen LogP contribution in [0.3, 0.4) is 0 Å². The number of rotatable bonds is 5. The van der Waals surface area contributed by atoms with Gasteiger partial charge in [-0.25, -0.2) is 9.97 Å². The van der Waals surface area contributed by atoms with Crippen LogP contribution in [0.1, 0.15) is 5.56 Å². The third kappa shape index (κ3) is 4.26. The number of halogens is 1. The molecule has 0 aliphatic carbocycles. The van der Waals surface area contributed by atoms with Gasteiger partial charge >= 0.3 is 5.69 Å². The van der Waals surface area contributed by atoms with Gasteiger partial charge in [0.15, 0.2) is 5.03 Å². The molecular formula is C17H13ClN4O2S. The molecule has 0 aliphatic heterocycles. The van der Waals surface area contributed by atoms with E-state index in [1.807, 2.05) is 31.2 Å². The SMILES string of the molecule is Cc1ccc(Nc2ncnc(Sc3ccc(Cl)cc3)c2[N+](=O)[O-])cc1. The van der Waals surface area contributed by atoms with Gasteiger partial charge in [-0.05, 0) is 43.3 Å². The maximum atomic E-state index is 11.6. The predicted octanol–water partition coefficient (Wildman–Crippen LogP) is 5.24. The van der Waals surface area contributed by atoms with Crippen LogP contribution < -0.4 is 5.32 Å². The lowest BCUT2D eigenvalue weighted by Crippen LogP contribution is -2.02. The first-order chi connectivity index (χ1) is 12.0. The average Bonchev–Trinajstić information content (AvgIpc) is 2.59. The largest absolute Gasteiger partial charge is 0.343 e.